The molecule has 7 heteroatoms. The maximum Gasteiger partial charge on any atom is 0.308 e. The summed E-state index contributed by atoms with van der Waals surface area (Å²) < 4.78 is 34.5. The third-order valence-corrected chi connectivity index (χ3v) is 7.40. The second-order valence-corrected chi connectivity index (χ2v) is 9.67. The van der Waals surface area contributed by atoms with Crippen LogP contribution in [0.3, 0.4) is 0 Å². The Morgan fingerprint density at radius 1 is 1.22 bits per heavy atom. The summed E-state index contributed by atoms with van der Waals surface area (Å²) in [6.07, 6.45) is 4.36. The van der Waals surface area contributed by atoms with Crippen LogP contribution in [0.5, 0.6) is 5.75 Å². The molecule has 0 aliphatic carbocycles. The number of aliphatic carboxylic acids is 1. The second-order valence-electron chi connectivity index (χ2n) is 9.67. The van der Waals surface area contributed by atoms with Crippen molar-refractivity contribution < 1.29 is 23.4 Å². The number of rotatable bonds is 11. The highest BCUT2D eigenvalue weighted by molar-refractivity contribution is 5.83. The molecule has 4 rings (SSSR count). The SMILES string of the molecule is COc1ccc2nccc(C(F)CCC3CCN(CCCCc4ccccc4F)CC3C(=O)O)c2c1. The molecule has 3 aromatic rings. The van der Waals surface area contributed by atoms with Gasteiger partial charge in [-0.05, 0) is 99.0 Å². The molecule has 3 unspecified atom stereocenters. The first-order chi connectivity index (χ1) is 17.5. The van der Waals surface area contributed by atoms with Gasteiger partial charge in [-0.15, -0.1) is 0 Å². The molecule has 1 aliphatic heterocycles. The number of likely N-dealkylation sites (tertiary alicyclic amines) is 1. The fourth-order valence-electron chi connectivity index (χ4n) is 5.31. The van der Waals surface area contributed by atoms with Gasteiger partial charge in [0.05, 0.1) is 18.5 Å². The van der Waals surface area contributed by atoms with E-state index in [2.05, 4.69) is 9.88 Å². The lowest BCUT2D eigenvalue weighted by Crippen LogP contribution is -2.44. The number of hydrogen-bond donors (Lipinski definition) is 1. The minimum absolute atomic E-state index is 0.0574. The van der Waals surface area contributed by atoms with Gasteiger partial charge in [0, 0.05) is 18.1 Å². The highest BCUT2D eigenvalue weighted by atomic mass is 19.1. The number of carbonyl (C=O) groups is 1. The van der Waals surface area contributed by atoms with Crippen molar-refractivity contribution in [1.29, 1.82) is 0 Å². The normalized spacial score (nSPS) is 19.3. The number of hydrogen-bond acceptors (Lipinski definition) is 4. The van der Waals surface area contributed by atoms with Crippen LogP contribution < -0.4 is 4.74 Å². The van der Waals surface area contributed by atoms with Crippen molar-refractivity contribution in [3.8, 4) is 5.75 Å². The molecule has 1 aliphatic rings. The van der Waals surface area contributed by atoms with E-state index in [-0.39, 0.29) is 18.2 Å². The highest BCUT2D eigenvalue weighted by Gasteiger charge is 2.34. The first-order valence-electron chi connectivity index (χ1n) is 12.7. The highest BCUT2D eigenvalue weighted by Crippen LogP contribution is 2.35. The number of nitrogens with zero attached hydrogens (tertiary/aromatic N) is 2. The number of benzene rings is 2. The molecule has 1 N–H and O–H groups in total. The van der Waals surface area contributed by atoms with Gasteiger partial charge in [-0.25, -0.2) is 8.78 Å². The molecule has 0 radical (unpaired) electrons. The van der Waals surface area contributed by atoms with Crippen molar-refractivity contribution in [2.45, 2.75) is 44.7 Å². The summed E-state index contributed by atoms with van der Waals surface area (Å²) in [6.45, 7) is 2.08. The monoisotopic (exact) mass is 496 g/mol. The topological polar surface area (TPSA) is 62.7 Å². The quantitative estimate of drug-likeness (QED) is 0.319. The van der Waals surface area contributed by atoms with Crippen LogP contribution in [0.2, 0.25) is 0 Å². The Hall–Kier alpha value is -3.06. The van der Waals surface area contributed by atoms with E-state index >= 15 is 4.39 Å². The van der Waals surface area contributed by atoms with Gasteiger partial charge in [0.2, 0.25) is 0 Å². The van der Waals surface area contributed by atoms with E-state index < -0.39 is 18.1 Å². The zero-order valence-corrected chi connectivity index (χ0v) is 20.7. The summed E-state index contributed by atoms with van der Waals surface area (Å²) >= 11 is 0. The Morgan fingerprint density at radius 3 is 2.83 bits per heavy atom. The minimum Gasteiger partial charge on any atom is -0.497 e. The average Bonchev–Trinajstić information content (AvgIpc) is 2.90. The van der Waals surface area contributed by atoms with Crippen molar-refractivity contribution in [2.24, 2.45) is 11.8 Å². The number of halogens is 2. The third kappa shape index (κ3) is 6.38. The molecule has 1 fully saturated rings. The molecule has 192 valence electrons. The van der Waals surface area contributed by atoms with Gasteiger partial charge in [0.1, 0.15) is 17.7 Å². The Morgan fingerprint density at radius 2 is 2.06 bits per heavy atom. The van der Waals surface area contributed by atoms with Crippen molar-refractivity contribution >= 4 is 16.9 Å². The lowest BCUT2D eigenvalue weighted by Gasteiger charge is -2.37. The number of ether oxygens (including phenoxy) is 1. The van der Waals surface area contributed by atoms with Gasteiger partial charge in [-0.3, -0.25) is 9.78 Å². The Kier molecular flexibility index (Phi) is 8.86. The van der Waals surface area contributed by atoms with Crippen LogP contribution in [0.25, 0.3) is 10.9 Å². The fourth-order valence-corrected chi connectivity index (χ4v) is 5.31. The largest absolute Gasteiger partial charge is 0.497 e. The predicted octanol–water partition coefficient (Wildman–Crippen LogP) is 6.22. The lowest BCUT2D eigenvalue weighted by molar-refractivity contribution is -0.146. The molecular weight excluding hydrogens is 462 g/mol. The summed E-state index contributed by atoms with van der Waals surface area (Å²) in [5.74, 6) is -0.902. The Labute approximate surface area is 211 Å². The standard InChI is InChI=1S/C29H34F2N2O3/c1-36-22-10-12-28-24(18-22)23(13-15-32-28)27(31)11-9-20-14-17-33(19-25(20)29(34)35)16-5-4-7-21-6-2-3-8-26(21)30/h2-3,6,8,10,12-13,15,18,20,25,27H,4-5,7,9,11,14,16-17,19H2,1H3,(H,34,35). The molecule has 0 amide bonds. The number of unbranched alkanes of at least 4 members (excludes halogenated alkanes) is 1. The first kappa shape index (κ1) is 26.0. The third-order valence-electron chi connectivity index (χ3n) is 7.40. The van der Waals surface area contributed by atoms with Crippen molar-refractivity contribution in [3.05, 3.63) is 71.7 Å². The van der Waals surface area contributed by atoms with Gasteiger partial charge in [0.25, 0.3) is 0 Å². The maximum atomic E-state index is 15.4. The molecule has 0 bridgehead atoms. The molecular formula is C29H34F2N2O3. The molecule has 0 saturated carbocycles. The van der Waals surface area contributed by atoms with Crippen LogP contribution in [0.15, 0.2) is 54.7 Å². The molecule has 1 aromatic heterocycles. The van der Waals surface area contributed by atoms with Crippen LogP contribution in [-0.4, -0.2) is 47.7 Å². The fraction of sp³-hybridized carbons (Fsp3) is 0.448. The van der Waals surface area contributed by atoms with Crippen LogP contribution in [0.4, 0.5) is 8.78 Å². The average molecular weight is 497 g/mol. The molecule has 0 spiro atoms. The number of piperidine rings is 1. The van der Waals surface area contributed by atoms with Gasteiger partial charge >= 0.3 is 5.97 Å². The van der Waals surface area contributed by atoms with E-state index in [1.807, 2.05) is 18.2 Å². The number of fused-ring (bicyclic) bond motifs is 1. The summed E-state index contributed by atoms with van der Waals surface area (Å²) in [4.78, 5) is 18.5. The minimum atomic E-state index is -1.20. The first-order valence-corrected chi connectivity index (χ1v) is 12.7. The van der Waals surface area contributed by atoms with E-state index in [1.54, 1.807) is 37.6 Å². The number of aromatic nitrogens is 1. The van der Waals surface area contributed by atoms with Crippen LogP contribution in [0, 0.1) is 17.7 Å². The van der Waals surface area contributed by atoms with E-state index in [0.29, 0.717) is 36.2 Å². The van der Waals surface area contributed by atoms with E-state index in [9.17, 15) is 14.3 Å². The number of pyridine rings is 1. The molecule has 3 atom stereocenters. The number of carboxylic acids is 1. The maximum absolute atomic E-state index is 15.4. The number of carboxylic acid groups (broad SMARTS) is 1. The Balaban J connectivity index is 1.30. The van der Waals surface area contributed by atoms with Crippen LogP contribution in [-0.2, 0) is 11.2 Å². The number of alkyl halides is 1. The zero-order chi connectivity index (χ0) is 25.5. The summed E-state index contributed by atoms with van der Waals surface area (Å²) in [6, 6.07) is 13.9. The van der Waals surface area contributed by atoms with Gasteiger partial charge in [-0.2, -0.15) is 0 Å². The smallest absolute Gasteiger partial charge is 0.308 e. The van der Waals surface area contributed by atoms with Crippen LogP contribution in [0.1, 0.15) is 49.4 Å². The van der Waals surface area contributed by atoms with E-state index in [0.717, 1.165) is 43.3 Å². The van der Waals surface area contributed by atoms with Crippen molar-refractivity contribution in [2.75, 3.05) is 26.7 Å². The number of methoxy groups -OCH3 is 1. The summed E-state index contributed by atoms with van der Waals surface area (Å²) in [5.41, 5.74) is 2.00. The Bertz CT molecular complexity index is 1170. The van der Waals surface area contributed by atoms with Crippen molar-refractivity contribution in [1.82, 2.24) is 9.88 Å². The summed E-state index contributed by atoms with van der Waals surface area (Å²) in [7, 11) is 1.58. The molecule has 2 aromatic carbocycles. The van der Waals surface area contributed by atoms with Crippen LogP contribution >= 0.6 is 0 Å². The van der Waals surface area contributed by atoms with Gasteiger partial charge < -0.3 is 14.7 Å². The van der Waals surface area contributed by atoms with Crippen molar-refractivity contribution in [3.63, 3.8) is 0 Å². The molecule has 36 heavy (non-hydrogen) atoms. The van der Waals surface area contributed by atoms with Gasteiger partial charge in [-0.1, -0.05) is 18.2 Å². The van der Waals surface area contributed by atoms with E-state index in [1.165, 1.54) is 6.07 Å². The van der Waals surface area contributed by atoms with Gasteiger partial charge in [0.15, 0.2) is 0 Å². The molecule has 5 nitrogen and oxygen atoms in total. The summed E-state index contributed by atoms with van der Waals surface area (Å²) in [5, 5.41) is 10.6. The predicted molar refractivity (Wildman–Crippen MR) is 136 cm³/mol. The second kappa shape index (κ2) is 12.3. The lowest BCUT2D eigenvalue weighted by atomic mass is 9.81. The zero-order valence-electron chi connectivity index (χ0n) is 20.7. The molecule has 1 saturated heterocycles. The molecule has 2 heterocycles. The number of aryl methyl sites for hydroxylation is 1. The van der Waals surface area contributed by atoms with E-state index in [4.69, 9.17) is 4.74 Å².